The highest BCUT2D eigenvalue weighted by atomic mass is 16.5. The van der Waals surface area contributed by atoms with Gasteiger partial charge >= 0.3 is 0 Å². The van der Waals surface area contributed by atoms with Gasteiger partial charge in [-0.25, -0.2) is 0 Å². The van der Waals surface area contributed by atoms with Gasteiger partial charge in [0.25, 0.3) is 0 Å². The van der Waals surface area contributed by atoms with Gasteiger partial charge in [-0.05, 0) is 18.6 Å². The molecular formula is C11H14O3. The number of phenols is 1. The van der Waals surface area contributed by atoms with E-state index in [9.17, 15) is 5.11 Å². The lowest BCUT2D eigenvalue weighted by Gasteiger charge is -2.13. The molecule has 0 aliphatic rings. The van der Waals surface area contributed by atoms with E-state index in [2.05, 4.69) is 6.58 Å². The zero-order valence-electron chi connectivity index (χ0n) is 8.63. The van der Waals surface area contributed by atoms with Gasteiger partial charge in [0.05, 0.1) is 14.2 Å². The molecule has 76 valence electrons. The molecule has 0 amide bonds. The molecule has 1 aromatic carbocycles. The van der Waals surface area contributed by atoms with Crippen LogP contribution in [0.1, 0.15) is 11.1 Å². The normalized spacial score (nSPS) is 9.64. The third-order valence-electron chi connectivity index (χ3n) is 2.09. The summed E-state index contributed by atoms with van der Waals surface area (Å²) in [4.78, 5) is 0. The van der Waals surface area contributed by atoms with E-state index in [-0.39, 0.29) is 5.75 Å². The summed E-state index contributed by atoms with van der Waals surface area (Å²) >= 11 is 0. The van der Waals surface area contributed by atoms with Crippen molar-refractivity contribution in [2.24, 2.45) is 0 Å². The minimum atomic E-state index is 0.0688. The standard InChI is InChI=1S/C11H14O3/c1-5-8-7(2)6-9(13-3)11(14-4)10(8)12/h5-6,12H,1H2,2-4H3. The zero-order chi connectivity index (χ0) is 10.7. The number of hydrogen-bond acceptors (Lipinski definition) is 3. The van der Waals surface area contributed by atoms with Gasteiger partial charge in [-0.15, -0.1) is 0 Å². The zero-order valence-corrected chi connectivity index (χ0v) is 8.63. The van der Waals surface area contributed by atoms with Crippen molar-refractivity contribution in [1.29, 1.82) is 0 Å². The van der Waals surface area contributed by atoms with Crippen LogP contribution in [0.25, 0.3) is 6.08 Å². The smallest absolute Gasteiger partial charge is 0.203 e. The van der Waals surface area contributed by atoms with Crippen molar-refractivity contribution in [3.63, 3.8) is 0 Å². The van der Waals surface area contributed by atoms with Crippen LogP contribution < -0.4 is 9.47 Å². The summed E-state index contributed by atoms with van der Waals surface area (Å²) in [6, 6.07) is 1.80. The summed E-state index contributed by atoms with van der Waals surface area (Å²) in [7, 11) is 3.02. The SMILES string of the molecule is C=Cc1c(C)cc(OC)c(OC)c1O. The predicted molar refractivity (Wildman–Crippen MR) is 56.0 cm³/mol. The maximum atomic E-state index is 9.81. The fraction of sp³-hybridized carbons (Fsp3) is 0.273. The van der Waals surface area contributed by atoms with Crippen LogP contribution in [0.3, 0.4) is 0 Å². The molecule has 0 aromatic heterocycles. The molecule has 0 saturated carbocycles. The summed E-state index contributed by atoms with van der Waals surface area (Å²) in [6.45, 7) is 5.50. The molecule has 1 N–H and O–H groups in total. The molecule has 0 aliphatic carbocycles. The van der Waals surface area contributed by atoms with E-state index in [1.165, 1.54) is 14.2 Å². The Kier molecular flexibility index (Phi) is 3.02. The lowest BCUT2D eigenvalue weighted by molar-refractivity contribution is 0.332. The van der Waals surface area contributed by atoms with Gasteiger partial charge in [-0.3, -0.25) is 0 Å². The van der Waals surface area contributed by atoms with E-state index in [0.717, 1.165) is 5.56 Å². The summed E-state index contributed by atoms with van der Waals surface area (Å²) in [6.07, 6.45) is 1.59. The molecule has 0 spiro atoms. The average Bonchev–Trinajstić information content (AvgIpc) is 2.17. The molecule has 0 radical (unpaired) electrons. The monoisotopic (exact) mass is 194 g/mol. The minimum Gasteiger partial charge on any atom is -0.504 e. The van der Waals surface area contributed by atoms with Crippen LogP contribution in [0.2, 0.25) is 0 Å². The van der Waals surface area contributed by atoms with E-state index < -0.39 is 0 Å². The van der Waals surface area contributed by atoms with Crippen LogP contribution in [0.5, 0.6) is 17.2 Å². The summed E-state index contributed by atoms with van der Waals surface area (Å²) in [5.41, 5.74) is 1.57. The topological polar surface area (TPSA) is 38.7 Å². The second-order valence-corrected chi connectivity index (χ2v) is 2.90. The second-order valence-electron chi connectivity index (χ2n) is 2.90. The highest BCUT2D eigenvalue weighted by Gasteiger charge is 2.14. The maximum Gasteiger partial charge on any atom is 0.203 e. The van der Waals surface area contributed by atoms with Crippen LogP contribution in [-0.2, 0) is 0 Å². The Labute approximate surface area is 83.6 Å². The molecule has 0 heterocycles. The van der Waals surface area contributed by atoms with Crippen molar-refractivity contribution in [3.05, 3.63) is 23.8 Å². The fourth-order valence-electron chi connectivity index (χ4n) is 1.37. The number of aromatic hydroxyl groups is 1. The van der Waals surface area contributed by atoms with E-state index >= 15 is 0 Å². The molecule has 3 nitrogen and oxygen atoms in total. The van der Waals surface area contributed by atoms with E-state index in [4.69, 9.17) is 9.47 Å². The minimum absolute atomic E-state index is 0.0688. The number of ether oxygens (including phenoxy) is 2. The highest BCUT2D eigenvalue weighted by molar-refractivity contribution is 5.68. The van der Waals surface area contributed by atoms with E-state index in [0.29, 0.717) is 17.1 Å². The highest BCUT2D eigenvalue weighted by Crippen LogP contribution is 2.41. The second kappa shape index (κ2) is 4.05. The van der Waals surface area contributed by atoms with Gasteiger partial charge in [0, 0.05) is 5.56 Å². The first-order valence-corrected chi connectivity index (χ1v) is 4.22. The van der Waals surface area contributed by atoms with Crippen molar-refractivity contribution in [1.82, 2.24) is 0 Å². The molecule has 0 bridgehead atoms. The van der Waals surface area contributed by atoms with E-state index in [1.807, 2.05) is 6.92 Å². The number of benzene rings is 1. The summed E-state index contributed by atoms with van der Waals surface area (Å²) in [5.74, 6) is 0.931. The van der Waals surface area contributed by atoms with E-state index in [1.54, 1.807) is 12.1 Å². The van der Waals surface area contributed by atoms with Crippen molar-refractivity contribution in [2.75, 3.05) is 14.2 Å². The van der Waals surface area contributed by atoms with Gasteiger partial charge < -0.3 is 14.6 Å². The molecule has 1 rings (SSSR count). The van der Waals surface area contributed by atoms with Gasteiger partial charge in [0.2, 0.25) is 5.75 Å². The molecule has 14 heavy (non-hydrogen) atoms. The molecule has 0 unspecified atom stereocenters. The largest absolute Gasteiger partial charge is 0.504 e. The fourth-order valence-corrected chi connectivity index (χ4v) is 1.37. The number of phenolic OH excluding ortho intramolecular Hbond substituents is 1. The van der Waals surface area contributed by atoms with Crippen molar-refractivity contribution < 1.29 is 14.6 Å². The average molecular weight is 194 g/mol. The van der Waals surface area contributed by atoms with Gasteiger partial charge in [-0.1, -0.05) is 12.7 Å². The third-order valence-corrected chi connectivity index (χ3v) is 2.09. The Morgan fingerprint density at radius 3 is 2.43 bits per heavy atom. The molecule has 0 saturated heterocycles. The first-order valence-electron chi connectivity index (χ1n) is 4.22. The molecule has 0 aliphatic heterocycles. The number of methoxy groups -OCH3 is 2. The summed E-state index contributed by atoms with van der Waals surface area (Å²) < 4.78 is 10.1. The lowest BCUT2D eigenvalue weighted by Crippen LogP contribution is -1.94. The van der Waals surface area contributed by atoms with Crippen LogP contribution in [0.4, 0.5) is 0 Å². The Morgan fingerprint density at radius 2 is 2.00 bits per heavy atom. The number of hydrogen-bond donors (Lipinski definition) is 1. The van der Waals surface area contributed by atoms with Crippen LogP contribution in [0.15, 0.2) is 12.6 Å². The van der Waals surface area contributed by atoms with Gasteiger partial charge in [0.1, 0.15) is 0 Å². The third kappa shape index (κ3) is 1.53. The number of rotatable bonds is 3. The quantitative estimate of drug-likeness (QED) is 0.802. The number of aryl methyl sites for hydroxylation is 1. The van der Waals surface area contributed by atoms with Crippen molar-refractivity contribution in [3.8, 4) is 17.2 Å². The Balaban J connectivity index is 3.46. The first-order chi connectivity index (χ1) is 6.65. The van der Waals surface area contributed by atoms with Gasteiger partial charge in [0.15, 0.2) is 11.5 Å². The Hall–Kier alpha value is -1.64. The Bertz CT molecular complexity index is 356. The maximum absolute atomic E-state index is 9.81. The molecule has 3 heteroatoms. The van der Waals surface area contributed by atoms with Crippen LogP contribution in [0, 0.1) is 6.92 Å². The van der Waals surface area contributed by atoms with Crippen molar-refractivity contribution in [2.45, 2.75) is 6.92 Å². The first kappa shape index (κ1) is 10.4. The van der Waals surface area contributed by atoms with Gasteiger partial charge in [-0.2, -0.15) is 0 Å². The summed E-state index contributed by atoms with van der Waals surface area (Å²) in [5, 5.41) is 9.81. The predicted octanol–water partition coefficient (Wildman–Crippen LogP) is 2.36. The lowest BCUT2D eigenvalue weighted by atomic mass is 10.1. The van der Waals surface area contributed by atoms with Crippen LogP contribution in [-0.4, -0.2) is 19.3 Å². The van der Waals surface area contributed by atoms with Crippen molar-refractivity contribution >= 4 is 6.08 Å². The molecule has 1 aromatic rings. The Morgan fingerprint density at radius 1 is 1.36 bits per heavy atom. The van der Waals surface area contributed by atoms with Crippen LogP contribution >= 0.6 is 0 Å². The molecule has 0 fully saturated rings. The molecule has 0 atom stereocenters. The molecular weight excluding hydrogens is 180 g/mol.